The van der Waals surface area contributed by atoms with E-state index in [1.54, 1.807) is 6.20 Å². The van der Waals surface area contributed by atoms with Crippen LogP contribution in [0.25, 0.3) is 0 Å². The monoisotopic (exact) mass is 236 g/mol. The van der Waals surface area contributed by atoms with Crippen LogP contribution in [0.5, 0.6) is 0 Å². The first-order valence-corrected chi connectivity index (χ1v) is 6.01. The molecule has 0 fully saturated rings. The van der Waals surface area contributed by atoms with E-state index < -0.39 is 12.0 Å². The van der Waals surface area contributed by atoms with Crippen LogP contribution in [0.15, 0.2) is 18.3 Å². The molecule has 0 spiro atoms. The number of aryl methyl sites for hydroxylation is 1. The molecule has 0 aliphatic rings. The van der Waals surface area contributed by atoms with Gasteiger partial charge in [-0.15, -0.1) is 0 Å². The average Bonchev–Trinajstić information content (AvgIpc) is 2.31. The highest BCUT2D eigenvalue weighted by Crippen LogP contribution is 2.04. The summed E-state index contributed by atoms with van der Waals surface area (Å²) in [5.74, 6) is -0.779. The molecule has 1 unspecified atom stereocenters. The molecule has 94 valence electrons. The van der Waals surface area contributed by atoms with Crippen molar-refractivity contribution in [2.24, 2.45) is 0 Å². The number of aromatic nitrogens is 1. The molecule has 1 rings (SSSR count). The Bertz CT molecular complexity index is 349. The third kappa shape index (κ3) is 4.95. The normalized spacial score (nSPS) is 12.4. The van der Waals surface area contributed by atoms with Gasteiger partial charge in [0, 0.05) is 18.4 Å². The van der Waals surface area contributed by atoms with Gasteiger partial charge < -0.3 is 10.4 Å². The smallest absolute Gasteiger partial charge is 0.320 e. The zero-order valence-electron chi connectivity index (χ0n) is 10.4. The molecule has 4 nitrogen and oxygen atoms in total. The van der Waals surface area contributed by atoms with E-state index in [0.29, 0.717) is 13.0 Å². The van der Waals surface area contributed by atoms with Crippen LogP contribution in [0.3, 0.4) is 0 Å². The first-order valence-electron chi connectivity index (χ1n) is 6.01. The SMILES string of the molecule is CCCCC(NCc1ccc(C)nc1)C(=O)O. The summed E-state index contributed by atoms with van der Waals surface area (Å²) in [4.78, 5) is 15.2. The highest BCUT2D eigenvalue weighted by Gasteiger charge is 2.15. The zero-order chi connectivity index (χ0) is 12.7. The standard InChI is InChI=1S/C13H20N2O2/c1-3-4-5-12(13(16)17)15-9-11-7-6-10(2)14-8-11/h6-8,12,15H,3-5,9H2,1-2H3,(H,16,17). The summed E-state index contributed by atoms with van der Waals surface area (Å²) in [5, 5.41) is 12.1. The van der Waals surface area contributed by atoms with Gasteiger partial charge in [0.15, 0.2) is 0 Å². The van der Waals surface area contributed by atoms with Crippen LogP contribution in [-0.4, -0.2) is 22.1 Å². The van der Waals surface area contributed by atoms with Gasteiger partial charge in [-0.25, -0.2) is 0 Å². The zero-order valence-corrected chi connectivity index (χ0v) is 10.4. The van der Waals surface area contributed by atoms with Crippen molar-refractivity contribution in [1.82, 2.24) is 10.3 Å². The van der Waals surface area contributed by atoms with Gasteiger partial charge in [0.1, 0.15) is 6.04 Å². The minimum Gasteiger partial charge on any atom is -0.480 e. The number of rotatable bonds is 7. The van der Waals surface area contributed by atoms with Gasteiger partial charge in [-0.2, -0.15) is 0 Å². The van der Waals surface area contributed by atoms with Gasteiger partial charge >= 0.3 is 5.97 Å². The Morgan fingerprint density at radius 3 is 2.82 bits per heavy atom. The predicted molar refractivity (Wildman–Crippen MR) is 66.8 cm³/mol. The molecule has 0 bridgehead atoms. The molecule has 17 heavy (non-hydrogen) atoms. The summed E-state index contributed by atoms with van der Waals surface area (Å²) < 4.78 is 0. The van der Waals surface area contributed by atoms with Crippen LogP contribution < -0.4 is 5.32 Å². The number of aliphatic carboxylic acids is 1. The maximum Gasteiger partial charge on any atom is 0.320 e. The lowest BCUT2D eigenvalue weighted by Crippen LogP contribution is -2.36. The van der Waals surface area contributed by atoms with Crippen LogP contribution in [-0.2, 0) is 11.3 Å². The van der Waals surface area contributed by atoms with Gasteiger partial charge in [-0.3, -0.25) is 9.78 Å². The number of unbranched alkanes of at least 4 members (excludes halogenated alkanes) is 1. The number of pyridine rings is 1. The summed E-state index contributed by atoms with van der Waals surface area (Å²) in [7, 11) is 0. The van der Waals surface area contributed by atoms with Crippen molar-refractivity contribution < 1.29 is 9.90 Å². The third-order valence-corrected chi connectivity index (χ3v) is 2.67. The van der Waals surface area contributed by atoms with Gasteiger partial charge in [-0.1, -0.05) is 25.8 Å². The lowest BCUT2D eigenvalue weighted by molar-refractivity contribution is -0.139. The maximum absolute atomic E-state index is 11.0. The van der Waals surface area contributed by atoms with E-state index in [9.17, 15) is 4.79 Å². The Morgan fingerprint density at radius 2 is 2.29 bits per heavy atom. The number of carboxylic acid groups (broad SMARTS) is 1. The molecule has 0 aromatic carbocycles. The first-order chi connectivity index (χ1) is 8.13. The quantitative estimate of drug-likeness (QED) is 0.761. The number of hydrogen-bond donors (Lipinski definition) is 2. The molecule has 0 aliphatic carbocycles. The number of hydrogen-bond acceptors (Lipinski definition) is 3. The molecular weight excluding hydrogens is 216 g/mol. The summed E-state index contributed by atoms with van der Waals surface area (Å²) in [6.45, 7) is 4.54. The first kappa shape index (κ1) is 13.6. The minimum absolute atomic E-state index is 0.462. The van der Waals surface area contributed by atoms with Gasteiger partial charge in [0.05, 0.1) is 0 Å². The molecular formula is C13H20N2O2. The topological polar surface area (TPSA) is 62.2 Å². The molecule has 1 atom stereocenters. The maximum atomic E-state index is 11.0. The van der Waals surface area contributed by atoms with Crippen molar-refractivity contribution in [3.05, 3.63) is 29.6 Å². The van der Waals surface area contributed by atoms with E-state index in [1.807, 2.05) is 19.1 Å². The van der Waals surface area contributed by atoms with Crippen LogP contribution in [0.1, 0.15) is 37.4 Å². The fraction of sp³-hybridized carbons (Fsp3) is 0.538. The van der Waals surface area contributed by atoms with E-state index in [4.69, 9.17) is 5.11 Å². The molecule has 2 N–H and O–H groups in total. The number of nitrogens with one attached hydrogen (secondary N) is 1. The summed E-state index contributed by atoms with van der Waals surface area (Å²) in [6.07, 6.45) is 4.39. The van der Waals surface area contributed by atoms with E-state index in [-0.39, 0.29) is 0 Å². The number of nitrogens with zero attached hydrogens (tertiary/aromatic N) is 1. The van der Waals surface area contributed by atoms with Crippen molar-refractivity contribution >= 4 is 5.97 Å². The van der Waals surface area contributed by atoms with Gasteiger partial charge in [-0.05, 0) is 25.0 Å². The van der Waals surface area contributed by atoms with Crippen LogP contribution >= 0.6 is 0 Å². The van der Waals surface area contributed by atoms with Gasteiger partial charge in [0.25, 0.3) is 0 Å². The van der Waals surface area contributed by atoms with Crippen molar-refractivity contribution in [2.75, 3.05) is 0 Å². The molecule has 1 heterocycles. The molecule has 0 saturated heterocycles. The van der Waals surface area contributed by atoms with Crippen LogP contribution in [0.4, 0.5) is 0 Å². The molecule has 0 amide bonds. The molecule has 0 radical (unpaired) electrons. The fourth-order valence-corrected chi connectivity index (χ4v) is 1.57. The van der Waals surface area contributed by atoms with E-state index in [0.717, 1.165) is 24.1 Å². The Labute approximate surface area is 102 Å². The lowest BCUT2D eigenvalue weighted by Gasteiger charge is -2.13. The van der Waals surface area contributed by atoms with E-state index in [2.05, 4.69) is 17.2 Å². The number of carbonyl (C=O) groups is 1. The summed E-state index contributed by atoms with van der Waals surface area (Å²) in [6, 6.07) is 3.43. The second-order valence-electron chi connectivity index (χ2n) is 4.22. The van der Waals surface area contributed by atoms with Crippen molar-refractivity contribution in [3.63, 3.8) is 0 Å². The van der Waals surface area contributed by atoms with E-state index >= 15 is 0 Å². The average molecular weight is 236 g/mol. The Morgan fingerprint density at radius 1 is 1.53 bits per heavy atom. The summed E-state index contributed by atoms with van der Waals surface area (Å²) in [5.41, 5.74) is 1.98. The lowest BCUT2D eigenvalue weighted by atomic mass is 10.1. The van der Waals surface area contributed by atoms with Crippen molar-refractivity contribution in [2.45, 2.75) is 45.7 Å². The van der Waals surface area contributed by atoms with Crippen LogP contribution in [0, 0.1) is 6.92 Å². The Kier molecular flexibility index (Phi) is 5.63. The Hall–Kier alpha value is -1.42. The minimum atomic E-state index is -0.779. The molecule has 0 aliphatic heterocycles. The highest BCUT2D eigenvalue weighted by molar-refractivity contribution is 5.73. The van der Waals surface area contributed by atoms with Gasteiger partial charge in [0.2, 0.25) is 0 Å². The second kappa shape index (κ2) is 7.01. The van der Waals surface area contributed by atoms with Crippen LogP contribution in [0.2, 0.25) is 0 Å². The fourth-order valence-electron chi connectivity index (χ4n) is 1.57. The predicted octanol–water partition coefficient (Wildman–Crippen LogP) is 2.12. The Balaban J connectivity index is 2.45. The molecule has 0 saturated carbocycles. The number of carboxylic acids is 1. The summed E-state index contributed by atoms with van der Waals surface area (Å²) >= 11 is 0. The highest BCUT2D eigenvalue weighted by atomic mass is 16.4. The van der Waals surface area contributed by atoms with Crippen molar-refractivity contribution in [3.8, 4) is 0 Å². The third-order valence-electron chi connectivity index (χ3n) is 2.67. The molecule has 1 aromatic heterocycles. The molecule has 1 aromatic rings. The second-order valence-corrected chi connectivity index (χ2v) is 4.22. The molecule has 4 heteroatoms. The van der Waals surface area contributed by atoms with E-state index in [1.165, 1.54) is 0 Å². The largest absolute Gasteiger partial charge is 0.480 e. The van der Waals surface area contributed by atoms with Crippen molar-refractivity contribution in [1.29, 1.82) is 0 Å².